The Labute approximate surface area is 117 Å². The molecule has 2 rings (SSSR count). The van der Waals surface area contributed by atoms with E-state index in [4.69, 9.17) is 22.1 Å². The largest absolute Gasteiger partial charge is 0.496 e. The molecule has 4 nitrogen and oxygen atoms in total. The van der Waals surface area contributed by atoms with Crippen molar-refractivity contribution in [1.82, 2.24) is 9.97 Å². The predicted octanol–water partition coefficient (Wildman–Crippen LogP) is 3.34. The normalized spacial score (nSPS) is 10.5. The number of halogens is 1. The first-order valence-electron chi connectivity index (χ1n) is 6.11. The van der Waals surface area contributed by atoms with Crippen LogP contribution in [-0.2, 0) is 6.42 Å². The van der Waals surface area contributed by atoms with Crippen LogP contribution in [0.5, 0.6) is 5.75 Å². The zero-order valence-corrected chi connectivity index (χ0v) is 11.7. The number of aryl methyl sites for hydroxylation is 1. The lowest BCUT2D eigenvalue weighted by Gasteiger charge is -2.10. The number of ether oxygens (including phenoxy) is 1. The van der Waals surface area contributed by atoms with Crippen molar-refractivity contribution in [2.24, 2.45) is 0 Å². The van der Waals surface area contributed by atoms with Crippen LogP contribution in [-0.4, -0.2) is 17.1 Å². The minimum atomic E-state index is 0.454. The summed E-state index contributed by atoms with van der Waals surface area (Å²) in [5.41, 5.74) is 7.38. The first kappa shape index (κ1) is 13.6. The van der Waals surface area contributed by atoms with E-state index in [9.17, 15) is 0 Å². The summed E-state index contributed by atoms with van der Waals surface area (Å²) in [6.45, 7) is 2.08. The van der Waals surface area contributed by atoms with E-state index in [0.717, 1.165) is 29.9 Å². The van der Waals surface area contributed by atoms with Gasteiger partial charge < -0.3 is 10.5 Å². The van der Waals surface area contributed by atoms with E-state index >= 15 is 0 Å². The lowest BCUT2D eigenvalue weighted by Crippen LogP contribution is -2.01. The summed E-state index contributed by atoms with van der Waals surface area (Å²) in [7, 11) is 1.62. The molecule has 0 amide bonds. The van der Waals surface area contributed by atoms with Gasteiger partial charge in [-0.25, -0.2) is 9.97 Å². The minimum Gasteiger partial charge on any atom is -0.496 e. The van der Waals surface area contributed by atoms with E-state index in [2.05, 4.69) is 16.9 Å². The van der Waals surface area contributed by atoms with Crippen molar-refractivity contribution in [2.75, 3.05) is 12.8 Å². The molecule has 5 heteroatoms. The number of hydrogen-bond donors (Lipinski definition) is 1. The third-order valence-electron chi connectivity index (χ3n) is 2.70. The summed E-state index contributed by atoms with van der Waals surface area (Å²) < 4.78 is 5.33. The van der Waals surface area contributed by atoms with Gasteiger partial charge in [0.15, 0.2) is 0 Å². The van der Waals surface area contributed by atoms with Gasteiger partial charge >= 0.3 is 0 Å². The smallest absolute Gasteiger partial charge is 0.131 e. The highest BCUT2D eigenvalue weighted by atomic mass is 35.5. The van der Waals surface area contributed by atoms with Crippen molar-refractivity contribution < 1.29 is 4.74 Å². The van der Waals surface area contributed by atoms with Crippen LogP contribution in [0.3, 0.4) is 0 Å². The van der Waals surface area contributed by atoms with E-state index in [1.54, 1.807) is 19.2 Å². The fraction of sp³-hybridized carbons (Fsp3) is 0.286. The van der Waals surface area contributed by atoms with Gasteiger partial charge in [-0.1, -0.05) is 18.5 Å². The van der Waals surface area contributed by atoms with E-state index < -0.39 is 0 Å². The number of nitrogens with two attached hydrogens (primary N) is 1. The zero-order chi connectivity index (χ0) is 13.8. The van der Waals surface area contributed by atoms with Crippen molar-refractivity contribution >= 4 is 17.4 Å². The van der Waals surface area contributed by atoms with Gasteiger partial charge in [-0.15, -0.1) is 0 Å². The van der Waals surface area contributed by atoms with E-state index in [0.29, 0.717) is 16.6 Å². The molecule has 19 heavy (non-hydrogen) atoms. The van der Waals surface area contributed by atoms with Crippen LogP contribution in [0.15, 0.2) is 24.3 Å². The van der Waals surface area contributed by atoms with Crippen LogP contribution < -0.4 is 10.5 Å². The molecule has 0 spiro atoms. The standard InChI is InChI=1S/C14H16ClN3O/c1-3-4-14-17-11(8-13(16)18-14)10-7-9(15)5-6-12(10)19-2/h5-8H,3-4H2,1-2H3,(H2,16,17,18). The van der Waals surface area contributed by atoms with Gasteiger partial charge in [0.05, 0.1) is 12.8 Å². The van der Waals surface area contributed by atoms with Crippen molar-refractivity contribution in [1.29, 1.82) is 0 Å². The maximum Gasteiger partial charge on any atom is 0.131 e. The van der Waals surface area contributed by atoms with E-state index in [-0.39, 0.29) is 0 Å². The Kier molecular flexibility index (Phi) is 4.22. The summed E-state index contributed by atoms with van der Waals surface area (Å²) in [6, 6.07) is 7.14. The number of anilines is 1. The number of aromatic nitrogens is 2. The van der Waals surface area contributed by atoms with E-state index in [1.165, 1.54) is 0 Å². The highest BCUT2D eigenvalue weighted by Crippen LogP contribution is 2.31. The van der Waals surface area contributed by atoms with Gasteiger partial charge in [0.25, 0.3) is 0 Å². The van der Waals surface area contributed by atoms with Crippen molar-refractivity contribution in [3.8, 4) is 17.0 Å². The maximum atomic E-state index is 6.03. The molecule has 1 heterocycles. The number of benzene rings is 1. The molecule has 0 unspecified atom stereocenters. The molecule has 0 aliphatic heterocycles. The highest BCUT2D eigenvalue weighted by Gasteiger charge is 2.10. The van der Waals surface area contributed by atoms with Crippen molar-refractivity contribution in [2.45, 2.75) is 19.8 Å². The van der Waals surface area contributed by atoms with Gasteiger partial charge in [-0.05, 0) is 24.6 Å². The topological polar surface area (TPSA) is 61.0 Å². The molecule has 0 aliphatic carbocycles. The Hall–Kier alpha value is -1.81. The summed E-state index contributed by atoms with van der Waals surface area (Å²) in [4.78, 5) is 8.73. The molecule has 0 atom stereocenters. The fourth-order valence-electron chi connectivity index (χ4n) is 1.87. The van der Waals surface area contributed by atoms with Gasteiger partial charge in [0.2, 0.25) is 0 Å². The average Bonchev–Trinajstić information content (AvgIpc) is 2.38. The minimum absolute atomic E-state index is 0.454. The average molecular weight is 278 g/mol. The number of rotatable bonds is 4. The molecule has 1 aromatic heterocycles. The Morgan fingerprint density at radius 2 is 2.05 bits per heavy atom. The van der Waals surface area contributed by atoms with Crippen LogP contribution in [0.25, 0.3) is 11.3 Å². The van der Waals surface area contributed by atoms with Crippen LogP contribution >= 0.6 is 11.6 Å². The lowest BCUT2D eigenvalue weighted by atomic mass is 10.1. The van der Waals surface area contributed by atoms with Gasteiger partial charge in [0.1, 0.15) is 17.4 Å². The van der Waals surface area contributed by atoms with Crippen LogP contribution in [0.4, 0.5) is 5.82 Å². The van der Waals surface area contributed by atoms with Crippen LogP contribution in [0.1, 0.15) is 19.2 Å². The fourth-order valence-corrected chi connectivity index (χ4v) is 2.04. The van der Waals surface area contributed by atoms with Crippen molar-refractivity contribution in [3.05, 3.63) is 35.1 Å². The maximum absolute atomic E-state index is 6.03. The molecule has 0 aliphatic rings. The number of nitrogens with zero attached hydrogens (tertiary/aromatic N) is 2. The molecule has 0 saturated carbocycles. The number of nitrogen functional groups attached to an aromatic ring is 1. The molecular weight excluding hydrogens is 262 g/mol. The third kappa shape index (κ3) is 3.15. The lowest BCUT2D eigenvalue weighted by molar-refractivity contribution is 0.416. The van der Waals surface area contributed by atoms with Crippen molar-refractivity contribution in [3.63, 3.8) is 0 Å². The Morgan fingerprint density at radius 3 is 2.74 bits per heavy atom. The van der Waals surface area contributed by atoms with Gasteiger partial charge in [0, 0.05) is 23.1 Å². The molecule has 1 aromatic carbocycles. The van der Waals surface area contributed by atoms with Crippen LogP contribution in [0.2, 0.25) is 5.02 Å². The molecule has 0 fully saturated rings. The predicted molar refractivity (Wildman–Crippen MR) is 77.4 cm³/mol. The second kappa shape index (κ2) is 5.89. The highest BCUT2D eigenvalue weighted by molar-refractivity contribution is 6.30. The Balaban J connectivity index is 2.54. The molecule has 100 valence electrons. The molecule has 0 bridgehead atoms. The quantitative estimate of drug-likeness (QED) is 0.931. The number of methoxy groups -OCH3 is 1. The molecule has 2 N–H and O–H groups in total. The van der Waals surface area contributed by atoms with Crippen LogP contribution in [0, 0.1) is 0 Å². The number of hydrogen-bond acceptors (Lipinski definition) is 4. The first-order chi connectivity index (χ1) is 9.13. The second-order valence-electron chi connectivity index (χ2n) is 4.19. The molecular formula is C14H16ClN3O. The van der Waals surface area contributed by atoms with Gasteiger partial charge in [-0.3, -0.25) is 0 Å². The van der Waals surface area contributed by atoms with E-state index in [1.807, 2.05) is 12.1 Å². The SMILES string of the molecule is CCCc1nc(N)cc(-c2cc(Cl)ccc2OC)n1. The first-order valence-corrected chi connectivity index (χ1v) is 6.49. The zero-order valence-electron chi connectivity index (χ0n) is 11.0. The van der Waals surface area contributed by atoms with Gasteiger partial charge in [-0.2, -0.15) is 0 Å². The third-order valence-corrected chi connectivity index (χ3v) is 2.94. The second-order valence-corrected chi connectivity index (χ2v) is 4.63. The summed E-state index contributed by atoms with van der Waals surface area (Å²) >= 11 is 6.03. The summed E-state index contributed by atoms with van der Waals surface area (Å²) in [5, 5.41) is 0.630. The molecule has 0 radical (unpaired) electrons. The Morgan fingerprint density at radius 1 is 1.26 bits per heavy atom. The summed E-state index contributed by atoms with van der Waals surface area (Å²) in [5.74, 6) is 1.90. The molecule has 2 aromatic rings. The monoisotopic (exact) mass is 277 g/mol. The molecule has 0 saturated heterocycles. The Bertz CT molecular complexity index is 587. The summed E-state index contributed by atoms with van der Waals surface area (Å²) in [6.07, 6.45) is 1.76.